The summed E-state index contributed by atoms with van der Waals surface area (Å²) < 4.78 is 13.4. The second-order valence-electron chi connectivity index (χ2n) is 4.79. The third kappa shape index (κ3) is 4.79. The Morgan fingerprint density at radius 2 is 2.00 bits per heavy atom. The van der Waals surface area contributed by atoms with Crippen LogP contribution >= 0.6 is 0 Å². The van der Waals surface area contributed by atoms with Crippen LogP contribution in [-0.2, 0) is 6.54 Å². The zero-order valence-corrected chi connectivity index (χ0v) is 11.5. The molecule has 3 N–H and O–H groups in total. The van der Waals surface area contributed by atoms with E-state index in [0.717, 1.165) is 32.7 Å². The van der Waals surface area contributed by atoms with Crippen molar-refractivity contribution >= 4 is 6.03 Å². The number of urea groups is 1. The van der Waals surface area contributed by atoms with E-state index in [1.165, 1.54) is 6.07 Å². The van der Waals surface area contributed by atoms with Crippen LogP contribution in [0.4, 0.5) is 9.18 Å². The predicted octanol–water partition coefficient (Wildman–Crippen LogP) is 0.530. The molecule has 1 aromatic rings. The van der Waals surface area contributed by atoms with Gasteiger partial charge < -0.3 is 16.0 Å². The summed E-state index contributed by atoms with van der Waals surface area (Å²) in [7, 11) is 0. The van der Waals surface area contributed by atoms with Gasteiger partial charge in [0.15, 0.2) is 0 Å². The number of hydrogen-bond donors (Lipinski definition) is 3. The fourth-order valence-electron chi connectivity index (χ4n) is 2.14. The van der Waals surface area contributed by atoms with Crippen molar-refractivity contribution in [3.63, 3.8) is 0 Å². The normalized spacial score (nSPS) is 15.8. The van der Waals surface area contributed by atoms with E-state index in [1.54, 1.807) is 18.2 Å². The molecule has 0 radical (unpaired) electrons. The molecular formula is C14H21FN4O. The zero-order chi connectivity index (χ0) is 14.2. The number of carbonyl (C=O) groups is 1. The van der Waals surface area contributed by atoms with Crippen molar-refractivity contribution in [2.24, 2.45) is 0 Å². The van der Waals surface area contributed by atoms with Gasteiger partial charge in [0, 0.05) is 51.4 Å². The summed E-state index contributed by atoms with van der Waals surface area (Å²) in [6.07, 6.45) is 0. The van der Waals surface area contributed by atoms with Gasteiger partial charge in [0.1, 0.15) is 5.82 Å². The topological polar surface area (TPSA) is 56.4 Å². The van der Waals surface area contributed by atoms with Crippen molar-refractivity contribution in [2.75, 3.05) is 39.3 Å². The molecule has 2 amide bonds. The molecule has 1 aliphatic rings. The quantitative estimate of drug-likeness (QED) is 0.737. The highest BCUT2D eigenvalue weighted by Crippen LogP contribution is 2.05. The number of halogens is 1. The molecule has 0 atom stereocenters. The van der Waals surface area contributed by atoms with E-state index in [0.29, 0.717) is 12.1 Å². The lowest BCUT2D eigenvalue weighted by Gasteiger charge is -2.27. The van der Waals surface area contributed by atoms with Gasteiger partial charge in [-0.2, -0.15) is 0 Å². The molecule has 2 rings (SSSR count). The van der Waals surface area contributed by atoms with Gasteiger partial charge in [-0.05, 0) is 6.07 Å². The summed E-state index contributed by atoms with van der Waals surface area (Å²) in [5, 5.41) is 8.72. The number of carbonyl (C=O) groups excluding carboxylic acids is 1. The maximum atomic E-state index is 13.4. The lowest BCUT2D eigenvalue weighted by atomic mass is 10.2. The lowest BCUT2D eigenvalue weighted by Crippen LogP contribution is -2.47. The highest BCUT2D eigenvalue weighted by atomic mass is 19.1. The first-order chi connectivity index (χ1) is 9.75. The van der Waals surface area contributed by atoms with Gasteiger partial charge >= 0.3 is 6.03 Å². The van der Waals surface area contributed by atoms with Gasteiger partial charge in [0.05, 0.1) is 0 Å². The molecule has 0 bridgehead atoms. The first-order valence-electron chi connectivity index (χ1n) is 6.94. The number of benzene rings is 1. The van der Waals surface area contributed by atoms with Crippen molar-refractivity contribution in [1.82, 2.24) is 20.9 Å². The minimum Gasteiger partial charge on any atom is -0.337 e. The van der Waals surface area contributed by atoms with Crippen LogP contribution in [0.15, 0.2) is 24.3 Å². The van der Waals surface area contributed by atoms with Crippen molar-refractivity contribution < 1.29 is 9.18 Å². The highest BCUT2D eigenvalue weighted by molar-refractivity contribution is 5.73. The van der Waals surface area contributed by atoms with Crippen LogP contribution in [0, 0.1) is 5.82 Å². The Balaban J connectivity index is 1.62. The molecule has 0 unspecified atom stereocenters. The molecular weight excluding hydrogens is 259 g/mol. The Bertz CT molecular complexity index is 435. The molecule has 1 heterocycles. The summed E-state index contributed by atoms with van der Waals surface area (Å²) >= 11 is 0. The minimum absolute atomic E-state index is 0.201. The standard InChI is InChI=1S/C14H21FN4O/c15-13-4-2-1-3-12(13)11-18-14(20)17-7-10-19-8-5-16-6-9-19/h1-4,16H,5-11H2,(H2,17,18,20). The van der Waals surface area contributed by atoms with E-state index >= 15 is 0 Å². The van der Waals surface area contributed by atoms with Crippen molar-refractivity contribution in [2.45, 2.75) is 6.54 Å². The fourth-order valence-corrected chi connectivity index (χ4v) is 2.14. The Kier molecular flexibility index (Phi) is 5.76. The molecule has 1 saturated heterocycles. The van der Waals surface area contributed by atoms with E-state index in [9.17, 15) is 9.18 Å². The number of piperazine rings is 1. The van der Waals surface area contributed by atoms with Gasteiger partial charge in [-0.15, -0.1) is 0 Å². The highest BCUT2D eigenvalue weighted by Gasteiger charge is 2.09. The molecule has 1 aliphatic heterocycles. The molecule has 0 aliphatic carbocycles. The van der Waals surface area contributed by atoms with Crippen LogP contribution < -0.4 is 16.0 Å². The smallest absolute Gasteiger partial charge is 0.315 e. The SMILES string of the molecule is O=C(NCCN1CCNCC1)NCc1ccccc1F. The maximum Gasteiger partial charge on any atom is 0.315 e. The summed E-state index contributed by atoms with van der Waals surface area (Å²) in [5.74, 6) is -0.298. The second kappa shape index (κ2) is 7.81. The summed E-state index contributed by atoms with van der Waals surface area (Å²) in [6, 6.07) is 6.17. The van der Waals surface area contributed by atoms with Gasteiger partial charge in [-0.3, -0.25) is 4.90 Å². The molecule has 1 fully saturated rings. The first-order valence-corrected chi connectivity index (χ1v) is 6.94. The van der Waals surface area contributed by atoms with Crippen molar-refractivity contribution in [1.29, 1.82) is 0 Å². The molecule has 0 spiro atoms. The average Bonchev–Trinajstić information content (AvgIpc) is 2.47. The van der Waals surface area contributed by atoms with Crippen LogP contribution in [0.5, 0.6) is 0 Å². The Labute approximate surface area is 118 Å². The van der Waals surface area contributed by atoms with Crippen LogP contribution in [0.2, 0.25) is 0 Å². The van der Waals surface area contributed by atoms with Crippen molar-refractivity contribution in [3.05, 3.63) is 35.6 Å². The van der Waals surface area contributed by atoms with E-state index < -0.39 is 0 Å². The van der Waals surface area contributed by atoms with Crippen LogP contribution in [-0.4, -0.2) is 50.2 Å². The first kappa shape index (κ1) is 14.7. The number of amides is 2. The molecule has 0 saturated carbocycles. The van der Waals surface area contributed by atoms with Crippen LogP contribution in [0.3, 0.4) is 0 Å². The van der Waals surface area contributed by atoms with E-state index in [2.05, 4.69) is 20.9 Å². The van der Waals surface area contributed by atoms with E-state index in [1.807, 2.05) is 0 Å². The van der Waals surface area contributed by atoms with Crippen LogP contribution in [0.25, 0.3) is 0 Å². The zero-order valence-electron chi connectivity index (χ0n) is 11.5. The molecule has 0 aromatic heterocycles. The molecule has 6 heteroatoms. The Hall–Kier alpha value is -1.66. The number of rotatable bonds is 5. The summed E-state index contributed by atoms with van der Waals surface area (Å²) in [4.78, 5) is 13.9. The maximum absolute atomic E-state index is 13.4. The molecule has 110 valence electrons. The summed E-state index contributed by atoms with van der Waals surface area (Å²) in [6.45, 7) is 5.67. The Morgan fingerprint density at radius 3 is 2.75 bits per heavy atom. The fraction of sp³-hybridized carbons (Fsp3) is 0.500. The van der Waals surface area contributed by atoms with Gasteiger partial charge in [0.25, 0.3) is 0 Å². The van der Waals surface area contributed by atoms with E-state index in [-0.39, 0.29) is 18.4 Å². The summed E-state index contributed by atoms with van der Waals surface area (Å²) in [5.41, 5.74) is 0.491. The second-order valence-corrected chi connectivity index (χ2v) is 4.79. The minimum atomic E-state index is -0.298. The lowest BCUT2D eigenvalue weighted by molar-refractivity contribution is 0.226. The van der Waals surface area contributed by atoms with Gasteiger partial charge in [-0.25, -0.2) is 9.18 Å². The third-order valence-electron chi connectivity index (χ3n) is 3.32. The predicted molar refractivity (Wildman–Crippen MR) is 75.9 cm³/mol. The molecule has 20 heavy (non-hydrogen) atoms. The number of nitrogens with one attached hydrogen (secondary N) is 3. The van der Waals surface area contributed by atoms with Gasteiger partial charge in [0.2, 0.25) is 0 Å². The third-order valence-corrected chi connectivity index (χ3v) is 3.32. The van der Waals surface area contributed by atoms with E-state index in [4.69, 9.17) is 0 Å². The monoisotopic (exact) mass is 280 g/mol. The van der Waals surface area contributed by atoms with Crippen molar-refractivity contribution in [3.8, 4) is 0 Å². The molecule has 5 nitrogen and oxygen atoms in total. The van der Waals surface area contributed by atoms with Gasteiger partial charge in [-0.1, -0.05) is 18.2 Å². The van der Waals surface area contributed by atoms with Crippen LogP contribution in [0.1, 0.15) is 5.56 Å². The Morgan fingerprint density at radius 1 is 1.25 bits per heavy atom. The average molecular weight is 280 g/mol. The largest absolute Gasteiger partial charge is 0.337 e. The molecule has 1 aromatic carbocycles. The number of nitrogens with zero attached hydrogens (tertiary/aromatic N) is 1. The number of hydrogen-bond acceptors (Lipinski definition) is 3.